The Hall–Kier alpha value is -2.61. The molecule has 1 N–H and O–H groups in total. The maximum atomic E-state index is 5.56. The number of hydrogen-bond acceptors (Lipinski definition) is 7. The second-order valence-electron chi connectivity index (χ2n) is 6.68. The molecule has 0 aliphatic carbocycles. The van der Waals surface area contributed by atoms with Crippen molar-refractivity contribution < 1.29 is 14.0 Å². The highest BCUT2D eigenvalue weighted by atomic mass is 35.5. The lowest BCUT2D eigenvalue weighted by Crippen LogP contribution is -2.45. The number of benzene rings is 2. The summed E-state index contributed by atoms with van der Waals surface area (Å²) >= 11 is 0. The van der Waals surface area contributed by atoms with Gasteiger partial charge in [0.1, 0.15) is 11.5 Å². The van der Waals surface area contributed by atoms with Gasteiger partial charge in [-0.15, -0.1) is 12.4 Å². The molecule has 3 aromatic rings. The topological polar surface area (TPSA) is 72.7 Å². The Morgan fingerprint density at radius 3 is 2.66 bits per heavy atom. The lowest BCUT2D eigenvalue weighted by atomic mass is 10.0. The van der Waals surface area contributed by atoms with Gasteiger partial charge in [0.25, 0.3) is 5.89 Å². The van der Waals surface area contributed by atoms with Crippen molar-refractivity contribution in [1.82, 2.24) is 20.4 Å². The summed E-state index contributed by atoms with van der Waals surface area (Å²) in [6.07, 6.45) is 0. The Bertz CT molecular complexity index is 916. The van der Waals surface area contributed by atoms with E-state index in [0.29, 0.717) is 18.3 Å². The second kappa shape index (κ2) is 9.73. The van der Waals surface area contributed by atoms with Crippen LogP contribution in [0, 0.1) is 0 Å². The molecule has 29 heavy (non-hydrogen) atoms. The Balaban J connectivity index is 0.00000240. The van der Waals surface area contributed by atoms with Crippen molar-refractivity contribution in [3.8, 4) is 23.0 Å². The molecule has 0 bridgehead atoms. The van der Waals surface area contributed by atoms with Crippen molar-refractivity contribution >= 4 is 12.4 Å². The van der Waals surface area contributed by atoms with E-state index >= 15 is 0 Å². The molecule has 1 aliphatic heterocycles. The maximum absolute atomic E-state index is 5.56. The van der Waals surface area contributed by atoms with E-state index in [-0.39, 0.29) is 18.4 Å². The quantitative estimate of drug-likeness (QED) is 0.660. The predicted molar refractivity (Wildman–Crippen MR) is 113 cm³/mol. The molecular weight excluding hydrogens is 392 g/mol. The summed E-state index contributed by atoms with van der Waals surface area (Å²) in [7, 11) is 3.35. The smallest absolute Gasteiger partial charge is 0.257 e. The summed E-state index contributed by atoms with van der Waals surface area (Å²) in [4.78, 5) is 6.95. The summed E-state index contributed by atoms with van der Waals surface area (Å²) in [5.74, 6) is 2.88. The maximum Gasteiger partial charge on any atom is 0.257 e. The van der Waals surface area contributed by atoms with Crippen LogP contribution >= 0.6 is 12.4 Å². The second-order valence-corrected chi connectivity index (χ2v) is 6.68. The average Bonchev–Trinajstić information content (AvgIpc) is 3.23. The SMILES string of the molecule is COc1ccc(-c2nc(CN3CCNCC3c3ccccc3OC)no2)cc1.Cl. The number of aromatic nitrogens is 2. The lowest BCUT2D eigenvalue weighted by Gasteiger charge is -2.36. The number of nitrogens with zero attached hydrogens (tertiary/aromatic N) is 3. The van der Waals surface area contributed by atoms with E-state index in [4.69, 9.17) is 14.0 Å². The molecule has 0 saturated carbocycles. The highest BCUT2D eigenvalue weighted by Gasteiger charge is 2.27. The van der Waals surface area contributed by atoms with Crippen LogP contribution in [-0.4, -0.2) is 48.9 Å². The van der Waals surface area contributed by atoms with Gasteiger partial charge in [0.05, 0.1) is 26.8 Å². The highest BCUT2D eigenvalue weighted by molar-refractivity contribution is 5.85. The van der Waals surface area contributed by atoms with Gasteiger partial charge in [0, 0.05) is 30.8 Å². The van der Waals surface area contributed by atoms with Gasteiger partial charge in [-0.05, 0) is 30.3 Å². The van der Waals surface area contributed by atoms with E-state index in [1.165, 1.54) is 0 Å². The number of piperazine rings is 1. The van der Waals surface area contributed by atoms with Crippen LogP contribution in [0.1, 0.15) is 17.4 Å². The van der Waals surface area contributed by atoms with Gasteiger partial charge in [0.2, 0.25) is 0 Å². The molecule has 1 atom stereocenters. The fourth-order valence-corrected chi connectivity index (χ4v) is 3.53. The van der Waals surface area contributed by atoms with E-state index in [9.17, 15) is 0 Å². The molecule has 1 aliphatic rings. The molecule has 1 saturated heterocycles. The van der Waals surface area contributed by atoms with Crippen molar-refractivity contribution in [3.63, 3.8) is 0 Å². The minimum atomic E-state index is 0. The minimum absolute atomic E-state index is 0. The normalized spacial score (nSPS) is 16.8. The Labute approximate surface area is 176 Å². The van der Waals surface area contributed by atoms with E-state index in [1.54, 1.807) is 14.2 Å². The van der Waals surface area contributed by atoms with Crippen molar-refractivity contribution in [2.75, 3.05) is 33.9 Å². The van der Waals surface area contributed by atoms with Crippen LogP contribution < -0.4 is 14.8 Å². The fraction of sp³-hybridized carbons (Fsp3) is 0.333. The monoisotopic (exact) mass is 416 g/mol. The van der Waals surface area contributed by atoms with Crippen molar-refractivity contribution in [3.05, 3.63) is 59.9 Å². The van der Waals surface area contributed by atoms with E-state index in [2.05, 4.69) is 26.4 Å². The van der Waals surface area contributed by atoms with Crippen LogP contribution in [-0.2, 0) is 6.54 Å². The summed E-state index contributed by atoms with van der Waals surface area (Å²) < 4.78 is 16.2. The Morgan fingerprint density at radius 2 is 1.90 bits per heavy atom. The Morgan fingerprint density at radius 1 is 1.10 bits per heavy atom. The zero-order valence-electron chi connectivity index (χ0n) is 16.5. The number of halogens is 1. The van der Waals surface area contributed by atoms with Gasteiger partial charge in [0.15, 0.2) is 5.82 Å². The Kier molecular flexibility index (Phi) is 7.09. The molecule has 0 amide bonds. The third-order valence-corrected chi connectivity index (χ3v) is 5.00. The van der Waals surface area contributed by atoms with Crippen LogP contribution in [0.4, 0.5) is 0 Å². The zero-order chi connectivity index (χ0) is 19.3. The first-order valence-corrected chi connectivity index (χ1v) is 9.33. The summed E-state index contributed by atoms with van der Waals surface area (Å²) in [5, 5.41) is 7.66. The van der Waals surface area contributed by atoms with E-state index < -0.39 is 0 Å². The van der Waals surface area contributed by atoms with Crippen LogP contribution in [0.25, 0.3) is 11.5 Å². The van der Waals surface area contributed by atoms with Gasteiger partial charge >= 0.3 is 0 Å². The van der Waals surface area contributed by atoms with Gasteiger partial charge in [-0.2, -0.15) is 4.98 Å². The number of nitrogens with one attached hydrogen (secondary N) is 1. The fourth-order valence-electron chi connectivity index (χ4n) is 3.53. The van der Waals surface area contributed by atoms with Crippen LogP contribution in [0.3, 0.4) is 0 Å². The third kappa shape index (κ3) is 4.70. The van der Waals surface area contributed by atoms with E-state index in [0.717, 1.165) is 42.3 Å². The number of methoxy groups -OCH3 is 2. The summed E-state index contributed by atoms with van der Waals surface area (Å²) in [6, 6.07) is 15.9. The first-order chi connectivity index (χ1) is 13.8. The van der Waals surface area contributed by atoms with Crippen LogP contribution in [0.15, 0.2) is 53.1 Å². The lowest BCUT2D eigenvalue weighted by molar-refractivity contribution is 0.146. The first-order valence-electron chi connectivity index (χ1n) is 9.33. The molecule has 1 fully saturated rings. The first kappa shape index (κ1) is 21.1. The van der Waals surface area contributed by atoms with Crippen molar-refractivity contribution in [1.29, 1.82) is 0 Å². The van der Waals surface area contributed by atoms with E-state index in [1.807, 2.05) is 42.5 Å². The predicted octanol–water partition coefficient (Wildman–Crippen LogP) is 3.32. The summed E-state index contributed by atoms with van der Waals surface area (Å²) in [5.41, 5.74) is 2.04. The molecule has 154 valence electrons. The van der Waals surface area contributed by atoms with Crippen molar-refractivity contribution in [2.45, 2.75) is 12.6 Å². The van der Waals surface area contributed by atoms with Gasteiger partial charge in [-0.1, -0.05) is 23.4 Å². The molecule has 2 heterocycles. The molecule has 0 spiro atoms. The molecular formula is C21H25ClN4O3. The molecule has 2 aromatic carbocycles. The van der Waals surface area contributed by atoms with Crippen LogP contribution in [0.5, 0.6) is 11.5 Å². The number of rotatable bonds is 6. The van der Waals surface area contributed by atoms with Crippen molar-refractivity contribution in [2.24, 2.45) is 0 Å². The molecule has 4 rings (SSSR count). The third-order valence-electron chi connectivity index (χ3n) is 5.00. The van der Waals surface area contributed by atoms with Crippen LogP contribution in [0.2, 0.25) is 0 Å². The standard InChI is InChI=1S/C21H24N4O3.ClH/c1-26-16-9-7-15(8-10-16)21-23-20(24-28-21)14-25-12-11-22-13-18(25)17-5-3-4-6-19(17)27-2;/h3-10,18,22H,11-14H2,1-2H3;1H. The molecule has 0 radical (unpaired) electrons. The average molecular weight is 417 g/mol. The number of ether oxygens (including phenoxy) is 2. The summed E-state index contributed by atoms with van der Waals surface area (Å²) in [6.45, 7) is 3.29. The highest BCUT2D eigenvalue weighted by Crippen LogP contribution is 2.31. The molecule has 7 nitrogen and oxygen atoms in total. The largest absolute Gasteiger partial charge is 0.497 e. The van der Waals surface area contributed by atoms with Gasteiger partial charge in [-0.25, -0.2) is 0 Å². The molecule has 1 unspecified atom stereocenters. The molecule has 8 heteroatoms. The van der Waals surface area contributed by atoms with Gasteiger partial charge < -0.3 is 19.3 Å². The van der Waals surface area contributed by atoms with Gasteiger partial charge in [-0.3, -0.25) is 4.90 Å². The molecule has 1 aromatic heterocycles. The minimum Gasteiger partial charge on any atom is -0.497 e. The number of hydrogen-bond donors (Lipinski definition) is 1. The number of para-hydroxylation sites is 1. The zero-order valence-corrected chi connectivity index (χ0v) is 17.3.